The van der Waals surface area contributed by atoms with Gasteiger partial charge in [0.05, 0.1) is 6.20 Å². The molecule has 2 aromatic carbocycles. The van der Waals surface area contributed by atoms with Crippen LogP contribution in [0, 0.1) is 5.92 Å². The smallest absolute Gasteiger partial charge is 0.252 e. The minimum Gasteiger partial charge on any atom is -0.489 e. The van der Waals surface area contributed by atoms with E-state index in [2.05, 4.69) is 20.8 Å². The van der Waals surface area contributed by atoms with Gasteiger partial charge in [0, 0.05) is 11.6 Å². The molecule has 7 heteroatoms. The number of nitrogens with one attached hydrogen (secondary N) is 3. The largest absolute Gasteiger partial charge is 0.489 e. The zero-order chi connectivity index (χ0) is 21.3. The first-order valence-electron chi connectivity index (χ1n) is 9.89. The van der Waals surface area contributed by atoms with Crippen LogP contribution in [0.25, 0.3) is 0 Å². The summed E-state index contributed by atoms with van der Waals surface area (Å²) in [6, 6.07) is 17.7. The van der Waals surface area contributed by atoms with E-state index in [1.54, 1.807) is 36.5 Å². The quantitative estimate of drug-likeness (QED) is 0.504. The number of H-pyrrole nitrogens is 1. The van der Waals surface area contributed by atoms with Gasteiger partial charge in [-0.3, -0.25) is 14.7 Å². The minimum atomic E-state index is -0.672. The van der Waals surface area contributed by atoms with Gasteiger partial charge in [0.15, 0.2) is 0 Å². The van der Waals surface area contributed by atoms with Gasteiger partial charge in [0.25, 0.3) is 5.91 Å². The Morgan fingerprint density at radius 1 is 1.07 bits per heavy atom. The second kappa shape index (κ2) is 10.2. The first kappa shape index (κ1) is 21.1. The molecule has 0 fully saturated rings. The first-order valence-corrected chi connectivity index (χ1v) is 9.89. The Bertz CT molecular complexity index is 956. The number of hydrogen-bond donors (Lipinski definition) is 3. The van der Waals surface area contributed by atoms with Gasteiger partial charge in [-0.1, -0.05) is 50.2 Å². The second-order valence-electron chi connectivity index (χ2n) is 7.42. The van der Waals surface area contributed by atoms with E-state index >= 15 is 0 Å². The molecule has 3 N–H and O–H groups in total. The van der Waals surface area contributed by atoms with E-state index in [0.717, 1.165) is 5.56 Å². The van der Waals surface area contributed by atoms with E-state index in [1.165, 1.54) is 0 Å². The highest BCUT2D eigenvalue weighted by molar-refractivity contribution is 6.01. The molecule has 0 bridgehead atoms. The molecule has 1 unspecified atom stereocenters. The van der Waals surface area contributed by atoms with Gasteiger partial charge in [0.2, 0.25) is 5.91 Å². The predicted octanol–water partition coefficient (Wildman–Crippen LogP) is 3.77. The molecule has 1 heterocycles. The average Bonchev–Trinajstić information content (AvgIpc) is 3.25. The van der Waals surface area contributed by atoms with Gasteiger partial charge in [-0.25, -0.2) is 0 Å². The van der Waals surface area contributed by atoms with Gasteiger partial charge in [0.1, 0.15) is 24.2 Å². The summed E-state index contributed by atoms with van der Waals surface area (Å²) in [5.41, 5.74) is 1.48. The Labute approximate surface area is 175 Å². The Morgan fingerprint density at radius 3 is 2.57 bits per heavy atom. The standard InChI is InChI=1S/C23H26N4O3/c1-16(2)13-20(23(29)26-21-11-12-24-27-21)25-22(28)18-9-6-10-19(14-18)30-15-17-7-4-3-5-8-17/h3-12,14,16,20H,13,15H2,1-2H3,(H,25,28)(H2,24,26,27,29). The molecule has 7 nitrogen and oxygen atoms in total. The minimum absolute atomic E-state index is 0.225. The highest BCUT2D eigenvalue weighted by Gasteiger charge is 2.23. The number of anilines is 1. The molecule has 1 aromatic heterocycles. The summed E-state index contributed by atoms with van der Waals surface area (Å²) < 4.78 is 5.80. The van der Waals surface area contributed by atoms with Crippen LogP contribution in [0.15, 0.2) is 66.9 Å². The van der Waals surface area contributed by atoms with E-state index < -0.39 is 6.04 Å². The van der Waals surface area contributed by atoms with Crippen LogP contribution in [0.5, 0.6) is 5.75 Å². The van der Waals surface area contributed by atoms with Crippen LogP contribution in [-0.4, -0.2) is 28.1 Å². The molecule has 0 aliphatic heterocycles. The maximum Gasteiger partial charge on any atom is 0.252 e. The molecule has 3 aromatic rings. The summed E-state index contributed by atoms with van der Waals surface area (Å²) in [4.78, 5) is 25.4. The van der Waals surface area contributed by atoms with Crippen LogP contribution >= 0.6 is 0 Å². The fourth-order valence-corrected chi connectivity index (χ4v) is 2.96. The van der Waals surface area contributed by atoms with Gasteiger partial charge >= 0.3 is 0 Å². The molecule has 0 aliphatic rings. The third kappa shape index (κ3) is 6.20. The summed E-state index contributed by atoms with van der Waals surface area (Å²) in [6.07, 6.45) is 2.06. The summed E-state index contributed by atoms with van der Waals surface area (Å²) >= 11 is 0. The van der Waals surface area contributed by atoms with E-state index in [-0.39, 0.29) is 17.7 Å². The van der Waals surface area contributed by atoms with Crippen molar-refractivity contribution in [1.82, 2.24) is 15.5 Å². The van der Waals surface area contributed by atoms with Crippen molar-refractivity contribution in [2.45, 2.75) is 32.9 Å². The monoisotopic (exact) mass is 406 g/mol. The fraction of sp³-hybridized carbons (Fsp3) is 0.261. The van der Waals surface area contributed by atoms with Crippen molar-refractivity contribution < 1.29 is 14.3 Å². The van der Waals surface area contributed by atoms with Crippen molar-refractivity contribution >= 4 is 17.6 Å². The molecular weight excluding hydrogens is 380 g/mol. The maximum absolute atomic E-state index is 12.8. The molecule has 0 radical (unpaired) electrons. The number of hydrogen-bond acceptors (Lipinski definition) is 4. The lowest BCUT2D eigenvalue weighted by Crippen LogP contribution is -2.44. The number of nitrogens with zero attached hydrogens (tertiary/aromatic N) is 1. The van der Waals surface area contributed by atoms with Crippen molar-refractivity contribution in [3.8, 4) is 5.75 Å². The van der Waals surface area contributed by atoms with E-state index in [4.69, 9.17) is 4.74 Å². The lowest BCUT2D eigenvalue weighted by molar-refractivity contribution is -0.118. The Morgan fingerprint density at radius 2 is 1.87 bits per heavy atom. The molecule has 156 valence electrons. The van der Waals surface area contributed by atoms with Crippen molar-refractivity contribution in [3.63, 3.8) is 0 Å². The van der Waals surface area contributed by atoms with Crippen LogP contribution in [-0.2, 0) is 11.4 Å². The number of carbonyl (C=O) groups excluding carboxylic acids is 2. The van der Waals surface area contributed by atoms with Gasteiger partial charge in [-0.15, -0.1) is 0 Å². The maximum atomic E-state index is 12.8. The highest BCUT2D eigenvalue weighted by Crippen LogP contribution is 2.16. The van der Waals surface area contributed by atoms with Gasteiger partial charge in [-0.05, 0) is 36.1 Å². The fourth-order valence-electron chi connectivity index (χ4n) is 2.96. The molecule has 2 amide bonds. The second-order valence-corrected chi connectivity index (χ2v) is 7.42. The molecule has 3 rings (SSSR count). The van der Waals surface area contributed by atoms with Crippen molar-refractivity contribution in [2.24, 2.45) is 5.92 Å². The molecule has 0 aliphatic carbocycles. The lowest BCUT2D eigenvalue weighted by Gasteiger charge is -2.20. The normalized spacial score (nSPS) is 11.7. The number of rotatable bonds is 9. The van der Waals surface area contributed by atoms with Crippen LogP contribution < -0.4 is 15.4 Å². The van der Waals surface area contributed by atoms with Gasteiger partial charge < -0.3 is 15.4 Å². The summed E-state index contributed by atoms with van der Waals surface area (Å²) in [5, 5.41) is 12.1. The Hall–Kier alpha value is -3.61. The van der Waals surface area contributed by atoms with Crippen molar-refractivity contribution in [1.29, 1.82) is 0 Å². The molecule has 0 saturated carbocycles. The Kier molecular flexibility index (Phi) is 7.21. The lowest BCUT2D eigenvalue weighted by atomic mass is 10.0. The number of amides is 2. The zero-order valence-corrected chi connectivity index (χ0v) is 17.1. The first-order chi connectivity index (χ1) is 14.5. The molecule has 0 saturated heterocycles. The molecule has 30 heavy (non-hydrogen) atoms. The number of ether oxygens (including phenoxy) is 1. The van der Waals surface area contributed by atoms with Crippen LogP contribution in [0.2, 0.25) is 0 Å². The van der Waals surface area contributed by atoms with Crippen molar-refractivity contribution in [3.05, 3.63) is 78.0 Å². The number of carbonyl (C=O) groups is 2. The summed E-state index contributed by atoms with van der Waals surface area (Å²) in [5.74, 6) is 0.680. The number of benzene rings is 2. The number of aromatic amines is 1. The third-order valence-corrected chi connectivity index (χ3v) is 4.43. The van der Waals surface area contributed by atoms with E-state index in [1.807, 2.05) is 44.2 Å². The summed E-state index contributed by atoms with van der Waals surface area (Å²) in [6.45, 7) is 4.41. The van der Waals surface area contributed by atoms with Crippen LogP contribution in [0.3, 0.4) is 0 Å². The number of aromatic nitrogens is 2. The highest BCUT2D eigenvalue weighted by atomic mass is 16.5. The average molecular weight is 406 g/mol. The molecule has 0 spiro atoms. The zero-order valence-electron chi connectivity index (χ0n) is 17.1. The molecular formula is C23H26N4O3. The van der Waals surface area contributed by atoms with Gasteiger partial charge in [-0.2, -0.15) is 5.10 Å². The van der Waals surface area contributed by atoms with Crippen LogP contribution in [0.1, 0.15) is 36.2 Å². The van der Waals surface area contributed by atoms with E-state index in [0.29, 0.717) is 30.2 Å². The third-order valence-electron chi connectivity index (χ3n) is 4.43. The predicted molar refractivity (Wildman–Crippen MR) is 115 cm³/mol. The van der Waals surface area contributed by atoms with Crippen LogP contribution in [0.4, 0.5) is 5.82 Å². The molecule has 1 atom stereocenters. The van der Waals surface area contributed by atoms with Crippen molar-refractivity contribution in [2.75, 3.05) is 5.32 Å². The SMILES string of the molecule is CC(C)CC(NC(=O)c1cccc(OCc2ccccc2)c1)C(=O)Nc1ccn[nH]1. The Balaban J connectivity index is 1.65. The van der Waals surface area contributed by atoms with E-state index in [9.17, 15) is 9.59 Å². The summed E-state index contributed by atoms with van der Waals surface area (Å²) in [7, 11) is 0. The topological polar surface area (TPSA) is 96.1 Å².